The van der Waals surface area contributed by atoms with Gasteiger partial charge in [0.1, 0.15) is 19.0 Å². The zero-order chi connectivity index (χ0) is 15.7. The lowest BCUT2D eigenvalue weighted by atomic mass is 9.87. The lowest BCUT2D eigenvalue weighted by molar-refractivity contribution is 0.170. The number of nitrogens with one attached hydrogen (secondary N) is 1. The first kappa shape index (κ1) is 14.6. The Balaban J connectivity index is 1.60. The van der Waals surface area contributed by atoms with E-state index in [1.54, 1.807) is 6.20 Å². The highest BCUT2D eigenvalue weighted by Gasteiger charge is 2.36. The van der Waals surface area contributed by atoms with Crippen LogP contribution < -0.4 is 14.8 Å². The summed E-state index contributed by atoms with van der Waals surface area (Å²) in [5, 5.41) is 7.63. The molecule has 23 heavy (non-hydrogen) atoms. The minimum absolute atomic E-state index is 0.000449. The Morgan fingerprint density at radius 1 is 1.13 bits per heavy atom. The highest BCUT2D eigenvalue weighted by atomic mass is 16.6. The molecule has 1 aliphatic heterocycles. The molecule has 0 amide bonds. The number of fused-ring (bicyclic) bond motifs is 1. The van der Waals surface area contributed by atoms with Gasteiger partial charge in [0.2, 0.25) is 0 Å². The van der Waals surface area contributed by atoms with Crippen molar-refractivity contribution in [3.05, 3.63) is 41.3 Å². The van der Waals surface area contributed by atoms with Crippen LogP contribution in [0.15, 0.2) is 28.9 Å². The van der Waals surface area contributed by atoms with Crippen molar-refractivity contribution < 1.29 is 14.0 Å². The molecule has 1 aromatic carbocycles. The molecule has 2 aliphatic rings. The van der Waals surface area contributed by atoms with Crippen LogP contribution in [0.4, 0.5) is 0 Å². The third kappa shape index (κ3) is 2.70. The van der Waals surface area contributed by atoms with Crippen LogP contribution in [0.1, 0.15) is 42.6 Å². The van der Waals surface area contributed by atoms with Gasteiger partial charge in [-0.3, -0.25) is 0 Å². The maximum absolute atomic E-state index is 5.76. The summed E-state index contributed by atoms with van der Waals surface area (Å²) in [6.07, 6.45) is 6.55. The second kappa shape index (κ2) is 5.89. The van der Waals surface area contributed by atoms with Crippen LogP contribution in [0.2, 0.25) is 0 Å². The molecular weight excluding hydrogens is 292 g/mol. The van der Waals surface area contributed by atoms with Crippen LogP contribution >= 0.6 is 0 Å². The van der Waals surface area contributed by atoms with E-state index in [0.29, 0.717) is 13.2 Å². The molecule has 0 atom stereocenters. The number of ether oxygens (including phenoxy) is 2. The standard InChI is InChI=1S/C18H22N2O3/c1-13-14(12-20-23-13)11-19-18(6-2-3-7-18)15-4-5-16-17(10-15)22-9-8-21-16/h4-5,10,12,19H,2-3,6-9,11H2,1H3. The molecule has 1 saturated carbocycles. The predicted octanol–water partition coefficient (Wildman–Crippen LogP) is 3.31. The number of benzene rings is 1. The average Bonchev–Trinajstić information content (AvgIpc) is 3.22. The van der Waals surface area contributed by atoms with Gasteiger partial charge < -0.3 is 19.3 Å². The minimum atomic E-state index is -0.000449. The SMILES string of the molecule is Cc1oncc1CNC1(c2ccc3c(c2)OCCO3)CCCC1. The second-order valence-electron chi connectivity index (χ2n) is 6.41. The Bertz CT molecular complexity index is 689. The maximum atomic E-state index is 5.76. The van der Waals surface area contributed by atoms with Crippen LogP contribution in [-0.4, -0.2) is 18.4 Å². The molecule has 0 spiro atoms. The summed E-state index contributed by atoms with van der Waals surface area (Å²) in [5.41, 5.74) is 2.40. The van der Waals surface area contributed by atoms with Crippen molar-refractivity contribution >= 4 is 0 Å². The lowest BCUT2D eigenvalue weighted by Gasteiger charge is -2.32. The van der Waals surface area contributed by atoms with E-state index in [1.165, 1.54) is 18.4 Å². The topological polar surface area (TPSA) is 56.5 Å². The number of hydrogen-bond donors (Lipinski definition) is 1. The molecular formula is C18H22N2O3. The van der Waals surface area contributed by atoms with Gasteiger partial charge in [-0.2, -0.15) is 0 Å². The number of nitrogens with zero attached hydrogens (tertiary/aromatic N) is 1. The van der Waals surface area contributed by atoms with Crippen LogP contribution in [-0.2, 0) is 12.1 Å². The number of rotatable bonds is 4. The molecule has 5 heteroatoms. The molecule has 0 bridgehead atoms. The lowest BCUT2D eigenvalue weighted by Crippen LogP contribution is -2.39. The van der Waals surface area contributed by atoms with E-state index in [9.17, 15) is 0 Å². The first-order valence-corrected chi connectivity index (χ1v) is 8.32. The van der Waals surface area contributed by atoms with Gasteiger partial charge in [-0.15, -0.1) is 0 Å². The smallest absolute Gasteiger partial charge is 0.161 e. The number of aromatic nitrogens is 1. The summed E-state index contributed by atoms with van der Waals surface area (Å²) in [4.78, 5) is 0. The fraction of sp³-hybridized carbons (Fsp3) is 0.500. The normalized spacial score (nSPS) is 19.0. The molecule has 2 aromatic rings. The van der Waals surface area contributed by atoms with Gasteiger partial charge >= 0.3 is 0 Å². The fourth-order valence-electron chi connectivity index (χ4n) is 3.64. The van der Waals surface area contributed by atoms with Gasteiger partial charge in [0, 0.05) is 17.6 Å². The van der Waals surface area contributed by atoms with Crippen molar-refractivity contribution in [3.8, 4) is 11.5 Å². The maximum Gasteiger partial charge on any atom is 0.161 e. The molecule has 1 aliphatic carbocycles. The van der Waals surface area contributed by atoms with E-state index in [-0.39, 0.29) is 5.54 Å². The summed E-state index contributed by atoms with van der Waals surface area (Å²) in [6.45, 7) is 3.97. The first-order valence-electron chi connectivity index (χ1n) is 8.32. The summed E-state index contributed by atoms with van der Waals surface area (Å²) >= 11 is 0. The van der Waals surface area contributed by atoms with Crippen molar-refractivity contribution in [3.63, 3.8) is 0 Å². The van der Waals surface area contributed by atoms with Crippen molar-refractivity contribution in [2.45, 2.75) is 44.7 Å². The minimum Gasteiger partial charge on any atom is -0.486 e. The van der Waals surface area contributed by atoms with Crippen molar-refractivity contribution in [1.29, 1.82) is 0 Å². The number of hydrogen-bond acceptors (Lipinski definition) is 5. The molecule has 1 N–H and O–H groups in total. The third-order valence-corrected chi connectivity index (χ3v) is 5.02. The van der Waals surface area contributed by atoms with Gasteiger partial charge in [-0.25, -0.2) is 0 Å². The Morgan fingerprint density at radius 2 is 1.91 bits per heavy atom. The Hall–Kier alpha value is -2.01. The highest BCUT2D eigenvalue weighted by Crippen LogP contribution is 2.42. The van der Waals surface area contributed by atoms with Gasteiger partial charge in [0.05, 0.1) is 6.20 Å². The summed E-state index contributed by atoms with van der Waals surface area (Å²) < 4.78 is 16.6. The van der Waals surface area contributed by atoms with E-state index in [0.717, 1.165) is 42.2 Å². The summed E-state index contributed by atoms with van der Waals surface area (Å²) in [7, 11) is 0. The van der Waals surface area contributed by atoms with Crippen molar-refractivity contribution in [2.24, 2.45) is 0 Å². The van der Waals surface area contributed by atoms with Crippen LogP contribution in [0, 0.1) is 6.92 Å². The van der Waals surface area contributed by atoms with Crippen LogP contribution in [0.3, 0.4) is 0 Å². The first-order chi connectivity index (χ1) is 11.3. The van der Waals surface area contributed by atoms with E-state index in [4.69, 9.17) is 14.0 Å². The third-order valence-electron chi connectivity index (χ3n) is 5.02. The highest BCUT2D eigenvalue weighted by molar-refractivity contribution is 5.46. The monoisotopic (exact) mass is 314 g/mol. The van der Waals surface area contributed by atoms with E-state index >= 15 is 0 Å². The van der Waals surface area contributed by atoms with Gasteiger partial charge in [0.15, 0.2) is 11.5 Å². The van der Waals surface area contributed by atoms with E-state index in [2.05, 4.69) is 22.6 Å². The van der Waals surface area contributed by atoms with Crippen molar-refractivity contribution in [1.82, 2.24) is 10.5 Å². The summed E-state index contributed by atoms with van der Waals surface area (Å²) in [5.74, 6) is 2.60. The molecule has 122 valence electrons. The second-order valence-corrected chi connectivity index (χ2v) is 6.41. The zero-order valence-electron chi connectivity index (χ0n) is 13.4. The fourth-order valence-corrected chi connectivity index (χ4v) is 3.64. The largest absolute Gasteiger partial charge is 0.486 e. The van der Waals surface area contributed by atoms with Crippen LogP contribution in [0.5, 0.6) is 11.5 Å². The molecule has 4 rings (SSSR count). The molecule has 5 nitrogen and oxygen atoms in total. The summed E-state index contributed by atoms with van der Waals surface area (Å²) in [6, 6.07) is 6.36. The quantitative estimate of drug-likeness (QED) is 0.938. The van der Waals surface area contributed by atoms with Gasteiger partial charge in [0.25, 0.3) is 0 Å². The van der Waals surface area contributed by atoms with Gasteiger partial charge in [-0.05, 0) is 37.5 Å². The van der Waals surface area contributed by atoms with E-state index in [1.807, 2.05) is 13.0 Å². The molecule has 1 aromatic heterocycles. The number of aryl methyl sites for hydroxylation is 1. The molecule has 0 saturated heterocycles. The Morgan fingerprint density at radius 3 is 2.65 bits per heavy atom. The molecule has 2 heterocycles. The molecule has 0 radical (unpaired) electrons. The van der Waals surface area contributed by atoms with Crippen molar-refractivity contribution in [2.75, 3.05) is 13.2 Å². The van der Waals surface area contributed by atoms with Gasteiger partial charge in [-0.1, -0.05) is 24.1 Å². The Labute approximate surface area is 136 Å². The molecule has 0 unspecified atom stereocenters. The molecule has 1 fully saturated rings. The van der Waals surface area contributed by atoms with E-state index < -0.39 is 0 Å². The predicted molar refractivity (Wildman–Crippen MR) is 85.7 cm³/mol. The zero-order valence-corrected chi connectivity index (χ0v) is 13.4. The average molecular weight is 314 g/mol. The Kier molecular flexibility index (Phi) is 3.73. The van der Waals surface area contributed by atoms with Crippen LogP contribution in [0.25, 0.3) is 0 Å².